The minimum atomic E-state index is -2.73. The number of carbonyl (C=O) groups excluding carboxylic acids is 4. The number of hydrogen-bond acceptors (Lipinski definition) is 6. The van der Waals surface area contributed by atoms with Gasteiger partial charge in [-0.15, -0.1) is 23.2 Å². The fraction of sp³-hybridized carbons (Fsp3) is 0.308. The number of fused-ring (bicyclic) bond motifs is 4. The number of alkyl halides is 2. The highest BCUT2D eigenvalue weighted by atomic mass is 35.5. The summed E-state index contributed by atoms with van der Waals surface area (Å²) in [7, 11) is 0. The third-order valence-corrected chi connectivity index (χ3v) is 9.86. The lowest BCUT2D eigenvalue weighted by molar-refractivity contribution is -0.173. The van der Waals surface area contributed by atoms with E-state index >= 15 is 0 Å². The SMILES string of the molecule is O=C1C2CC=C3C(CC4(Cl)C(=O)N(c5c(F)c(F)c(F)c(F)c5F)C(=O)C4(Cl)C3c3ccccc3O)C2C(=O)N1O. The van der Waals surface area contributed by atoms with Crippen LogP contribution in [0.2, 0.25) is 0 Å². The number of rotatable bonds is 2. The van der Waals surface area contributed by atoms with Gasteiger partial charge < -0.3 is 5.11 Å². The van der Waals surface area contributed by atoms with Gasteiger partial charge in [0.1, 0.15) is 11.4 Å². The number of phenolic OH excluding ortho intramolecular Hbond substituents is 1. The Bertz CT molecular complexity index is 1630. The second-order valence-electron chi connectivity index (χ2n) is 10.2. The Morgan fingerprint density at radius 2 is 1.41 bits per heavy atom. The topological polar surface area (TPSA) is 115 Å². The Labute approximate surface area is 236 Å². The van der Waals surface area contributed by atoms with Crippen molar-refractivity contribution in [2.24, 2.45) is 17.8 Å². The minimum absolute atomic E-state index is 0.0761. The monoisotopic (exact) mass is 616 g/mol. The van der Waals surface area contributed by atoms with Crippen LogP contribution in [0.25, 0.3) is 0 Å². The summed E-state index contributed by atoms with van der Waals surface area (Å²) in [4.78, 5) is 47.6. The highest BCUT2D eigenvalue weighted by Gasteiger charge is 2.77. The van der Waals surface area contributed by atoms with Crippen molar-refractivity contribution in [3.8, 4) is 5.75 Å². The lowest BCUT2D eigenvalue weighted by Crippen LogP contribution is -2.60. The maximum Gasteiger partial charge on any atom is 0.258 e. The van der Waals surface area contributed by atoms with Gasteiger partial charge >= 0.3 is 0 Å². The molecule has 3 fully saturated rings. The minimum Gasteiger partial charge on any atom is -0.508 e. The van der Waals surface area contributed by atoms with Crippen molar-refractivity contribution in [3.05, 3.63) is 70.6 Å². The van der Waals surface area contributed by atoms with Gasteiger partial charge in [0.2, 0.25) is 5.82 Å². The van der Waals surface area contributed by atoms with Crippen LogP contribution in [0.5, 0.6) is 5.75 Å². The molecule has 2 aromatic rings. The number of hydrogen-bond donors (Lipinski definition) is 2. The molecule has 2 heterocycles. The Kier molecular flexibility index (Phi) is 5.88. The molecule has 0 bridgehead atoms. The van der Waals surface area contributed by atoms with Crippen molar-refractivity contribution in [1.29, 1.82) is 0 Å². The smallest absolute Gasteiger partial charge is 0.258 e. The van der Waals surface area contributed by atoms with Gasteiger partial charge in [0.25, 0.3) is 23.6 Å². The van der Waals surface area contributed by atoms with Crippen molar-refractivity contribution >= 4 is 52.5 Å². The molecular formula is C26H15Cl2F5N2O6. The Hall–Kier alpha value is -3.55. The summed E-state index contributed by atoms with van der Waals surface area (Å²) in [5.74, 6) is -23.3. The number of nitrogens with zero attached hydrogens (tertiary/aromatic N) is 2. The molecule has 0 radical (unpaired) electrons. The Balaban J connectivity index is 1.62. The van der Waals surface area contributed by atoms with Gasteiger partial charge in [-0.25, -0.2) is 26.9 Å². The van der Waals surface area contributed by atoms with E-state index in [1.54, 1.807) is 0 Å². The maximum atomic E-state index is 14.9. The standard InChI is InChI=1S/C26H15Cl2F5N2O6/c27-25-7-11-8(5-6-10-13(11)22(38)35(41)21(10)37)14(9-3-1-2-4-12(9)36)26(25,28)24(40)34(23(25)39)20-18(32)16(30)15(29)17(31)19(20)33/h1-5,10-11,13-14,36,41H,6-7H2. The molecule has 2 saturated heterocycles. The summed E-state index contributed by atoms with van der Waals surface area (Å²) < 4.78 is 71.9. The number of hydroxylamine groups is 2. The van der Waals surface area contributed by atoms with Crippen LogP contribution in [0, 0.1) is 46.8 Å². The molecule has 0 aromatic heterocycles. The fourth-order valence-electron chi connectivity index (χ4n) is 6.63. The summed E-state index contributed by atoms with van der Waals surface area (Å²) in [6.07, 6.45) is 0.596. The predicted molar refractivity (Wildman–Crippen MR) is 128 cm³/mol. The predicted octanol–water partition coefficient (Wildman–Crippen LogP) is 4.04. The van der Waals surface area contributed by atoms with E-state index in [0.29, 0.717) is 0 Å². The van der Waals surface area contributed by atoms with Crippen molar-refractivity contribution in [1.82, 2.24) is 5.06 Å². The zero-order valence-corrected chi connectivity index (χ0v) is 21.7. The van der Waals surface area contributed by atoms with E-state index in [9.17, 15) is 51.4 Å². The van der Waals surface area contributed by atoms with Crippen LogP contribution in [-0.2, 0) is 19.2 Å². The number of carbonyl (C=O) groups is 4. The summed E-state index contributed by atoms with van der Waals surface area (Å²) >= 11 is 13.7. The number of phenols is 1. The van der Waals surface area contributed by atoms with Gasteiger partial charge in [0, 0.05) is 11.5 Å². The largest absolute Gasteiger partial charge is 0.508 e. The van der Waals surface area contributed by atoms with E-state index in [0.717, 1.165) is 0 Å². The molecule has 2 aromatic carbocycles. The van der Waals surface area contributed by atoms with E-state index in [4.69, 9.17) is 23.2 Å². The second kappa shape index (κ2) is 8.73. The average Bonchev–Trinajstić information content (AvgIpc) is 3.25. The van der Waals surface area contributed by atoms with E-state index in [1.165, 1.54) is 30.3 Å². The molecule has 15 heteroatoms. The maximum absolute atomic E-state index is 14.9. The number of anilines is 1. The number of benzene rings is 2. The Morgan fingerprint density at radius 1 is 0.829 bits per heavy atom. The van der Waals surface area contributed by atoms with E-state index in [1.807, 2.05) is 0 Å². The first kappa shape index (κ1) is 27.6. The molecule has 6 rings (SSSR count). The molecule has 2 aliphatic carbocycles. The number of amides is 4. The molecule has 6 atom stereocenters. The molecule has 0 spiro atoms. The fourth-order valence-corrected chi connectivity index (χ4v) is 7.55. The molecule has 41 heavy (non-hydrogen) atoms. The summed E-state index contributed by atoms with van der Waals surface area (Å²) in [5.41, 5.74) is -1.86. The molecular weight excluding hydrogens is 602 g/mol. The number of halogens is 7. The van der Waals surface area contributed by atoms with Crippen LogP contribution >= 0.6 is 23.2 Å². The van der Waals surface area contributed by atoms with Crippen molar-refractivity contribution in [2.45, 2.75) is 28.5 Å². The van der Waals surface area contributed by atoms with Crippen LogP contribution in [0.15, 0.2) is 35.9 Å². The van der Waals surface area contributed by atoms with Gasteiger partial charge in [-0.2, -0.15) is 5.06 Å². The first-order chi connectivity index (χ1) is 19.2. The molecule has 214 valence electrons. The highest BCUT2D eigenvalue weighted by Crippen LogP contribution is 2.66. The third-order valence-electron chi connectivity index (χ3n) is 8.45. The lowest BCUT2D eigenvalue weighted by atomic mass is 9.56. The van der Waals surface area contributed by atoms with Crippen molar-refractivity contribution in [2.75, 3.05) is 4.90 Å². The lowest BCUT2D eigenvalue weighted by Gasteiger charge is -2.50. The van der Waals surface area contributed by atoms with Gasteiger partial charge in [-0.3, -0.25) is 24.4 Å². The first-order valence-corrected chi connectivity index (χ1v) is 12.8. The number of aromatic hydroxyl groups is 1. The van der Waals surface area contributed by atoms with Crippen molar-refractivity contribution in [3.63, 3.8) is 0 Å². The van der Waals surface area contributed by atoms with Crippen LogP contribution in [0.3, 0.4) is 0 Å². The first-order valence-electron chi connectivity index (χ1n) is 12.0. The average molecular weight is 617 g/mol. The van der Waals surface area contributed by atoms with E-state index in [2.05, 4.69) is 0 Å². The van der Waals surface area contributed by atoms with Gasteiger partial charge in [-0.05, 0) is 24.8 Å². The summed E-state index contributed by atoms with van der Waals surface area (Å²) in [5, 5.41) is 20.7. The Morgan fingerprint density at radius 3 is 2.02 bits per heavy atom. The van der Waals surface area contributed by atoms with Crippen molar-refractivity contribution < 1.29 is 51.4 Å². The van der Waals surface area contributed by atoms with Gasteiger partial charge in [0.15, 0.2) is 33.0 Å². The zero-order valence-electron chi connectivity index (χ0n) is 20.2. The highest BCUT2D eigenvalue weighted by molar-refractivity contribution is 6.58. The van der Waals surface area contributed by atoms with Crippen LogP contribution in [0.4, 0.5) is 27.6 Å². The van der Waals surface area contributed by atoms with E-state index in [-0.39, 0.29) is 27.5 Å². The zero-order chi connectivity index (χ0) is 29.9. The summed E-state index contributed by atoms with van der Waals surface area (Å²) in [6, 6.07) is 5.33. The van der Waals surface area contributed by atoms with Gasteiger partial charge in [0.05, 0.1) is 11.8 Å². The molecule has 4 aliphatic rings. The number of imide groups is 2. The molecule has 8 nitrogen and oxygen atoms in total. The third kappa shape index (κ3) is 3.19. The summed E-state index contributed by atoms with van der Waals surface area (Å²) in [6.45, 7) is 0. The second-order valence-corrected chi connectivity index (χ2v) is 11.5. The quantitative estimate of drug-likeness (QED) is 0.100. The molecule has 1 saturated carbocycles. The normalized spacial score (nSPS) is 32.7. The van der Waals surface area contributed by atoms with Crippen LogP contribution < -0.4 is 4.90 Å². The number of allylic oxidation sites excluding steroid dienone is 2. The molecule has 2 aliphatic heterocycles. The van der Waals surface area contributed by atoms with Gasteiger partial charge in [-0.1, -0.05) is 29.8 Å². The van der Waals surface area contributed by atoms with Crippen LogP contribution in [-0.4, -0.2) is 48.8 Å². The molecule has 6 unspecified atom stereocenters. The van der Waals surface area contributed by atoms with Crippen LogP contribution in [0.1, 0.15) is 24.3 Å². The molecule has 2 N–H and O–H groups in total. The number of para-hydroxylation sites is 1. The molecule has 4 amide bonds. The van der Waals surface area contributed by atoms with E-state index < -0.39 is 104 Å².